The van der Waals surface area contributed by atoms with Gasteiger partial charge in [-0.2, -0.15) is 0 Å². The molecule has 5 N–H and O–H groups in total. The number of thiazole rings is 1. The van der Waals surface area contributed by atoms with Crippen LogP contribution in [0.15, 0.2) is 60.0 Å². The third-order valence-electron chi connectivity index (χ3n) is 7.24. The standard InChI is InChI=1S/C33H40N6O6S/c1-21-20-46-29(36-21)14-8-15-34-33(44)26-19-28(40)37-22(2)30(41)38-25(18-23-10-4-3-5-11-23)32(43)35-16-9-17-45-27-13-7-6-12-24(27)31(42)39-26/h3-7,10-13,20,22,25-26H,8-9,14-19H2,1-2H3,(H,34,44)(H,35,43)(H,37,40)(H,38,41)(H,39,42)/t22-,25-,26-/m0/s1. The van der Waals surface area contributed by atoms with Crippen molar-refractivity contribution in [2.75, 3.05) is 19.7 Å². The van der Waals surface area contributed by atoms with Gasteiger partial charge >= 0.3 is 0 Å². The molecule has 2 aromatic carbocycles. The van der Waals surface area contributed by atoms with Gasteiger partial charge in [0.25, 0.3) is 5.91 Å². The molecule has 13 heteroatoms. The number of fused-ring (bicyclic) bond motifs is 1. The summed E-state index contributed by atoms with van der Waals surface area (Å²) in [5.41, 5.74) is 1.99. The SMILES string of the molecule is Cc1csc(CCCNC(=O)[C@@H]2CC(=O)N[C@@H](C)C(=O)N[C@@H](Cc3ccccc3)C(=O)NCCCOc3ccccc3C(=O)N2)n1. The Morgan fingerprint density at radius 2 is 1.76 bits per heavy atom. The van der Waals surface area contributed by atoms with E-state index >= 15 is 0 Å². The highest BCUT2D eigenvalue weighted by atomic mass is 32.1. The van der Waals surface area contributed by atoms with Crippen molar-refractivity contribution in [3.63, 3.8) is 0 Å². The second kappa shape index (κ2) is 17.1. The highest BCUT2D eigenvalue weighted by molar-refractivity contribution is 7.09. The number of carbonyl (C=O) groups is 5. The fraction of sp³-hybridized carbons (Fsp3) is 0.394. The summed E-state index contributed by atoms with van der Waals surface area (Å²) in [6, 6.07) is 12.7. The third kappa shape index (κ3) is 10.4. The van der Waals surface area contributed by atoms with E-state index in [0.29, 0.717) is 31.6 Å². The molecule has 46 heavy (non-hydrogen) atoms. The number of benzene rings is 2. The van der Waals surface area contributed by atoms with Crippen LogP contribution in [0.3, 0.4) is 0 Å². The summed E-state index contributed by atoms with van der Waals surface area (Å²) in [6.45, 7) is 4.19. The highest BCUT2D eigenvalue weighted by Gasteiger charge is 2.29. The van der Waals surface area contributed by atoms with Gasteiger partial charge in [0.2, 0.25) is 23.6 Å². The van der Waals surface area contributed by atoms with Crippen LogP contribution < -0.4 is 31.3 Å². The van der Waals surface area contributed by atoms with Gasteiger partial charge in [0, 0.05) is 37.0 Å². The quantitative estimate of drug-likeness (QED) is 0.244. The second-order valence-corrected chi connectivity index (χ2v) is 12.0. The molecule has 1 aliphatic heterocycles. The lowest BCUT2D eigenvalue weighted by Crippen LogP contribution is -2.55. The van der Waals surface area contributed by atoms with Crippen LogP contribution in [0.1, 0.15) is 52.8 Å². The summed E-state index contributed by atoms with van der Waals surface area (Å²) in [5, 5.41) is 16.6. The van der Waals surface area contributed by atoms with Crippen molar-refractivity contribution in [1.82, 2.24) is 31.6 Å². The van der Waals surface area contributed by atoms with Crippen molar-refractivity contribution in [2.45, 2.75) is 64.1 Å². The van der Waals surface area contributed by atoms with Gasteiger partial charge in [-0.25, -0.2) is 4.98 Å². The van der Waals surface area contributed by atoms with Gasteiger partial charge in [0.1, 0.15) is 23.9 Å². The summed E-state index contributed by atoms with van der Waals surface area (Å²) in [7, 11) is 0. The van der Waals surface area contributed by atoms with E-state index in [1.807, 2.05) is 42.6 Å². The van der Waals surface area contributed by atoms with E-state index in [-0.39, 0.29) is 31.0 Å². The summed E-state index contributed by atoms with van der Waals surface area (Å²) in [5.74, 6) is -2.40. The van der Waals surface area contributed by atoms with Gasteiger partial charge in [-0.05, 0) is 44.4 Å². The minimum atomic E-state index is -1.23. The van der Waals surface area contributed by atoms with Gasteiger partial charge in [-0.1, -0.05) is 42.5 Å². The average Bonchev–Trinajstić information content (AvgIpc) is 3.46. The maximum Gasteiger partial charge on any atom is 0.255 e. The summed E-state index contributed by atoms with van der Waals surface area (Å²) in [4.78, 5) is 70.4. The molecule has 3 aromatic rings. The Balaban J connectivity index is 1.49. The van der Waals surface area contributed by atoms with Gasteiger partial charge in [0.15, 0.2) is 0 Å². The van der Waals surface area contributed by atoms with Crippen LogP contribution in [0.25, 0.3) is 0 Å². The zero-order chi connectivity index (χ0) is 32.9. The normalized spacial score (nSPS) is 20.0. The van der Waals surface area contributed by atoms with Crippen LogP contribution in [-0.4, -0.2) is 72.3 Å². The van der Waals surface area contributed by atoms with E-state index in [2.05, 4.69) is 31.6 Å². The highest BCUT2D eigenvalue weighted by Crippen LogP contribution is 2.19. The third-order valence-corrected chi connectivity index (χ3v) is 8.27. The summed E-state index contributed by atoms with van der Waals surface area (Å²) < 4.78 is 5.87. The molecule has 0 spiro atoms. The molecule has 244 valence electrons. The van der Waals surface area contributed by atoms with Crippen LogP contribution in [0.4, 0.5) is 0 Å². The molecule has 5 amide bonds. The van der Waals surface area contributed by atoms with Crippen molar-refractivity contribution in [2.24, 2.45) is 0 Å². The van der Waals surface area contributed by atoms with Crippen molar-refractivity contribution in [1.29, 1.82) is 0 Å². The Labute approximate surface area is 272 Å². The van der Waals surface area contributed by atoms with E-state index in [9.17, 15) is 24.0 Å². The maximum absolute atomic E-state index is 13.4. The number of para-hydroxylation sites is 1. The fourth-order valence-electron chi connectivity index (χ4n) is 4.81. The molecule has 0 saturated heterocycles. The number of hydrogen-bond donors (Lipinski definition) is 5. The van der Waals surface area contributed by atoms with Crippen molar-refractivity contribution >= 4 is 40.9 Å². The minimum Gasteiger partial charge on any atom is -0.493 e. The topological polar surface area (TPSA) is 168 Å². The van der Waals surface area contributed by atoms with Crippen molar-refractivity contribution in [3.8, 4) is 5.75 Å². The molecular weight excluding hydrogens is 608 g/mol. The molecule has 1 aromatic heterocycles. The van der Waals surface area contributed by atoms with Crippen LogP contribution >= 0.6 is 11.3 Å². The molecule has 4 rings (SSSR count). The number of hydrogen-bond acceptors (Lipinski definition) is 8. The van der Waals surface area contributed by atoms with Gasteiger partial charge in [-0.15, -0.1) is 11.3 Å². The van der Waals surface area contributed by atoms with E-state index in [0.717, 1.165) is 16.3 Å². The van der Waals surface area contributed by atoms with E-state index in [4.69, 9.17) is 4.74 Å². The van der Waals surface area contributed by atoms with E-state index < -0.39 is 48.2 Å². The van der Waals surface area contributed by atoms with Crippen LogP contribution in [0.2, 0.25) is 0 Å². The number of nitrogens with one attached hydrogen (secondary N) is 5. The van der Waals surface area contributed by atoms with E-state index in [1.54, 1.807) is 35.6 Å². The number of carbonyl (C=O) groups excluding carboxylic acids is 5. The zero-order valence-electron chi connectivity index (χ0n) is 26.0. The monoisotopic (exact) mass is 648 g/mol. The van der Waals surface area contributed by atoms with Crippen LogP contribution in [0.5, 0.6) is 5.75 Å². The zero-order valence-corrected chi connectivity index (χ0v) is 26.8. The Kier molecular flexibility index (Phi) is 12.6. The Morgan fingerprint density at radius 1 is 1.00 bits per heavy atom. The first-order valence-electron chi connectivity index (χ1n) is 15.3. The lowest BCUT2D eigenvalue weighted by Gasteiger charge is -2.23. The second-order valence-electron chi connectivity index (χ2n) is 11.0. The number of aryl methyl sites for hydroxylation is 2. The van der Waals surface area contributed by atoms with Gasteiger partial charge < -0.3 is 31.3 Å². The Hall–Kier alpha value is -4.78. The Morgan fingerprint density at radius 3 is 2.52 bits per heavy atom. The van der Waals surface area contributed by atoms with E-state index in [1.165, 1.54) is 6.92 Å². The molecule has 0 unspecified atom stereocenters. The molecule has 12 nitrogen and oxygen atoms in total. The number of nitrogens with zero attached hydrogens (tertiary/aromatic N) is 1. The molecule has 0 aliphatic carbocycles. The molecule has 0 radical (unpaired) electrons. The lowest BCUT2D eigenvalue weighted by atomic mass is 10.0. The summed E-state index contributed by atoms with van der Waals surface area (Å²) in [6.07, 6.45) is 1.57. The van der Waals surface area contributed by atoms with Crippen molar-refractivity contribution in [3.05, 3.63) is 81.8 Å². The first-order chi connectivity index (χ1) is 22.2. The van der Waals surface area contributed by atoms with Crippen molar-refractivity contribution < 1.29 is 28.7 Å². The molecule has 0 bridgehead atoms. The lowest BCUT2D eigenvalue weighted by molar-refractivity contribution is -0.132. The number of ether oxygens (including phenoxy) is 1. The number of aromatic nitrogens is 1. The predicted molar refractivity (Wildman–Crippen MR) is 173 cm³/mol. The predicted octanol–water partition coefficient (Wildman–Crippen LogP) is 1.82. The van der Waals surface area contributed by atoms with Gasteiger partial charge in [0.05, 0.1) is 23.6 Å². The largest absolute Gasteiger partial charge is 0.493 e. The van der Waals surface area contributed by atoms with Crippen LogP contribution in [-0.2, 0) is 32.0 Å². The number of amides is 5. The smallest absolute Gasteiger partial charge is 0.255 e. The Bertz CT molecular complexity index is 1510. The van der Waals surface area contributed by atoms with Gasteiger partial charge in [-0.3, -0.25) is 24.0 Å². The average molecular weight is 649 g/mol. The molecule has 0 saturated carbocycles. The molecule has 3 atom stereocenters. The number of rotatable bonds is 7. The first kappa shape index (κ1) is 34.1. The molecular formula is C33H40N6O6S. The molecule has 0 fully saturated rings. The maximum atomic E-state index is 13.4. The molecule has 1 aliphatic rings. The minimum absolute atomic E-state index is 0.195. The molecule has 2 heterocycles. The first-order valence-corrected chi connectivity index (χ1v) is 16.2. The summed E-state index contributed by atoms with van der Waals surface area (Å²) >= 11 is 1.55. The van der Waals surface area contributed by atoms with Crippen LogP contribution in [0, 0.1) is 6.92 Å². The fourth-order valence-corrected chi connectivity index (χ4v) is 5.63.